The SMILES string of the molecule is CCn1nc(C)cc1COc1cccc(Cl)c1/C(N)=N/O. The molecule has 0 saturated heterocycles. The van der Waals surface area contributed by atoms with Gasteiger partial charge in [-0.1, -0.05) is 22.8 Å². The number of benzene rings is 1. The number of hydrogen-bond acceptors (Lipinski definition) is 4. The van der Waals surface area contributed by atoms with Crippen molar-refractivity contribution >= 4 is 17.4 Å². The molecule has 0 aliphatic heterocycles. The van der Waals surface area contributed by atoms with Crippen molar-refractivity contribution in [2.45, 2.75) is 27.0 Å². The number of halogens is 1. The predicted octanol–water partition coefficient (Wildman–Crippen LogP) is 2.54. The summed E-state index contributed by atoms with van der Waals surface area (Å²) < 4.78 is 7.63. The lowest BCUT2D eigenvalue weighted by atomic mass is 10.2. The molecular formula is C14H17ClN4O2. The largest absolute Gasteiger partial charge is 0.486 e. The van der Waals surface area contributed by atoms with Crippen LogP contribution in [0.2, 0.25) is 5.02 Å². The first-order valence-corrected chi connectivity index (χ1v) is 6.87. The summed E-state index contributed by atoms with van der Waals surface area (Å²) in [5.74, 6) is 0.370. The zero-order chi connectivity index (χ0) is 15.4. The number of nitrogens with zero attached hydrogens (tertiary/aromatic N) is 3. The van der Waals surface area contributed by atoms with E-state index in [-0.39, 0.29) is 5.84 Å². The number of aryl methyl sites for hydroxylation is 2. The van der Waals surface area contributed by atoms with E-state index in [2.05, 4.69) is 10.3 Å². The van der Waals surface area contributed by atoms with E-state index in [1.165, 1.54) is 0 Å². The van der Waals surface area contributed by atoms with Gasteiger partial charge in [0, 0.05) is 6.54 Å². The van der Waals surface area contributed by atoms with E-state index in [9.17, 15) is 0 Å². The van der Waals surface area contributed by atoms with Crippen molar-refractivity contribution in [1.82, 2.24) is 9.78 Å². The molecule has 2 rings (SSSR count). The maximum absolute atomic E-state index is 8.84. The van der Waals surface area contributed by atoms with E-state index < -0.39 is 0 Å². The number of amidine groups is 1. The fraction of sp³-hybridized carbons (Fsp3) is 0.286. The smallest absolute Gasteiger partial charge is 0.175 e. The summed E-state index contributed by atoms with van der Waals surface area (Å²) in [5, 5.41) is 16.5. The minimum absolute atomic E-state index is 0.0872. The van der Waals surface area contributed by atoms with Gasteiger partial charge in [-0.05, 0) is 32.0 Å². The fourth-order valence-electron chi connectivity index (χ4n) is 2.06. The van der Waals surface area contributed by atoms with E-state index in [0.29, 0.717) is 22.9 Å². The standard InChI is InChI=1S/C14H17ClN4O2/c1-3-19-10(7-9(2)17-19)8-21-12-6-4-5-11(15)13(12)14(16)18-20/h4-7,20H,3,8H2,1-2H3,(H2,16,18). The van der Waals surface area contributed by atoms with Gasteiger partial charge in [0.25, 0.3) is 0 Å². The first kappa shape index (κ1) is 15.2. The Kier molecular flexibility index (Phi) is 4.70. The maximum atomic E-state index is 8.84. The third-order valence-electron chi connectivity index (χ3n) is 3.00. The molecule has 0 spiro atoms. The maximum Gasteiger partial charge on any atom is 0.175 e. The van der Waals surface area contributed by atoms with Crippen LogP contribution >= 0.6 is 11.6 Å². The summed E-state index contributed by atoms with van der Waals surface area (Å²) in [6.45, 7) is 5.02. The number of nitrogens with two attached hydrogens (primary N) is 1. The van der Waals surface area contributed by atoms with Crippen molar-refractivity contribution in [2.75, 3.05) is 0 Å². The molecule has 3 N–H and O–H groups in total. The number of oxime groups is 1. The molecule has 0 amide bonds. The molecule has 0 aliphatic rings. The molecular weight excluding hydrogens is 292 g/mol. The number of rotatable bonds is 5. The molecule has 6 nitrogen and oxygen atoms in total. The van der Waals surface area contributed by atoms with Gasteiger partial charge in [0.2, 0.25) is 0 Å². The van der Waals surface area contributed by atoms with Gasteiger partial charge >= 0.3 is 0 Å². The average molecular weight is 309 g/mol. The molecule has 0 atom stereocenters. The molecule has 0 radical (unpaired) electrons. The highest BCUT2D eigenvalue weighted by Gasteiger charge is 2.14. The number of hydrogen-bond donors (Lipinski definition) is 2. The van der Waals surface area contributed by atoms with Gasteiger partial charge < -0.3 is 15.7 Å². The van der Waals surface area contributed by atoms with Crippen LogP contribution in [0.15, 0.2) is 29.4 Å². The average Bonchev–Trinajstić information content (AvgIpc) is 2.84. The molecule has 0 saturated carbocycles. The Morgan fingerprint density at radius 3 is 2.95 bits per heavy atom. The Bertz CT molecular complexity index is 667. The van der Waals surface area contributed by atoms with Crippen LogP contribution in [0.25, 0.3) is 0 Å². The summed E-state index contributed by atoms with van der Waals surface area (Å²) in [5.41, 5.74) is 7.89. The number of aromatic nitrogens is 2. The third-order valence-corrected chi connectivity index (χ3v) is 3.31. The van der Waals surface area contributed by atoms with Crippen LogP contribution in [-0.2, 0) is 13.2 Å². The van der Waals surface area contributed by atoms with Crippen molar-refractivity contribution in [2.24, 2.45) is 10.9 Å². The van der Waals surface area contributed by atoms with E-state index in [4.69, 9.17) is 27.3 Å². The quantitative estimate of drug-likeness (QED) is 0.385. The van der Waals surface area contributed by atoms with Crippen LogP contribution in [0.4, 0.5) is 0 Å². The Balaban J connectivity index is 2.26. The highest BCUT2D eigenvalue weighted by molar-refractivity contribution is 6.34. The van der Waals surface area contributed by atoms with Crippen molar-refractivity contribution in [3.05, 3.63) is 46.2 Å². The lowest BCUT2D eigenvalue weighted by Crippen LogP contribution is -2.16. The molecule has 0 bridgehead atoms. The topological polar surface area (TPSA) is 85.7 Å². The van der Waals surface area contributed by atoms with Crippen LogP contribution < -0.4 is 10.5 Å². The minimum atomic E-state index is -0.0872. The second kappa shape index (κ2) is 6.49. The van der Waals surface area contributed by atoms with Gasteiger partial charge in [0.15, 0.2) is 5.84 Å². The minimum Gasteiger partial charge on any atom is -0.486 e. The summed E-state index contributed by atoms with van der Waals surface area (Å²) in [4.78, 5) is 0. The lowest BCUT2D eigenvalue weighted by molar-refractivity contribution is 0.290. The van der Waals surface area contributed by atoms with Gasteiger partial charge in [-0.2, -0.15) is 5.10 Å². The molecule has 21 heavy (non-hydrogen) atoms. The predicted molar refractivity (Wildman–Crippen MR) is 80.9 cm³/mol. The summed E-state index contributed by atoms with van der Waals surface area (Å²) >= 11 is 6.08. The zero-order valence-corrected chi connectivity index (χ0v) is 12.6. The van der Waals surface area contributed by atoms with Gasteiger partial charge in [-0.3, -0.25) is 4.68 Å². The molecule has 112 valence electrons. The normalized spacial score (nSPS) is 11.7. The fourth-order valence-corrected chi connectivity index (χ4v) is 2.33. The second-order valence-electron chi connectivity index (χ2n) is 4.48. The molecule has 7 heteroatoms. The van der Waals surface area contributed by atoms with E-state index in [0.717, 1.165) is 17.9 Å². The Labute approximate surface area is 127 Å². The van der Waals surface area contributed by atoms with Gasteiger partial charge in [-0.15, -0.1) is 0 Å². The van der Waals surface area contributed by atoms with Crippen LogP contribution in [-0.4, -0.2) is 20.8 Å². The molecule has 0 aliphatic carbocycles. The highest BCUT2D eigenvalue weighted by Crippen LogP contribution is 2.27. The third kappa shape index (κ3) is 3.28. The lowest BCUT2D eigenvalue weighted by Gasteiger charge is -2.12. The summed E-state index contributed by atoms with van der Waals surface area (Å²) in [7, 11) is 0. The monoisotopic (exact) mass is 308 g/mol. The van der Waals surface area contributed by atoms with E-state index in [1.807, 2.05) is 24.6 Å². The molecule has 1 aromatic carbocycles. The van der Waals surface area contributed by atoms with Crippen LogP contribution in [0.3, 0.4) is 0 Å². The van der Waals surface area contributed by atoms with Crippen LogP contribution in [0.5, 0.6) is 5.75 Å². The summed E-state index contributed by atoms with van der Waals surface area (Å²) in [6, 6.07) is 7.08. The molecule has 1 heterocycles. The highest BCUT2D eigenvalue weighted by atomic mass is 35.5. The van der Waals surface area contributed by atoms with E-state index in [1.54, 1.807) is 18.2 Å². The van der Waals surface area contributed by atoms with Crippen LogP contribution in [0, 0.1) is 6.92 Å². The second-order valence-corrected chi connectivity index (χ2v) is 4.89. The molecule has 0 fully saturated rings. The van der Waals surface area contributed by atoms with Crippen molar-refractivity contribution in [1.29, 1.82) is 0 Å². The Hall–Kier alpha value is -2.21. The molecule has 0 unspecified atom stereocenters. The zero-order valence-electron chi connectivity index (χ0n) is 11.9. The first-order chi connectivity index (χ1) is 10.1. The van der Waals surface area contributed by atoms with E-state index >= 15 is 0 Å². The van der Waals surface area contributed by atoms with Crippen molar-refractivity contribution < 1.29 is 9.94 Å². The van der Waals surface area contributed by atoms with Gasteiger partial charge in [0.05, 0.1) is 22.0 Å². The van der Waals surface area contributed by atoms with Gasteiger partial charge in [-0.25, -0.2) is 0 Å². The molecule has 1 aromatic heterocycles. The van der Waals surface area contributed by atoms with Crippen molar-refractivity contribution in [3.8, 4) is 5.75 Å². The Morgan fingerprint density at radius 2 is 2.29 bits per heavy atom. The first-order valence-electron chi connectivity index (χ1n) is 6.49. The van der Waals surface area contributed by atoms with Crippen LogP contribution in [0.1, 0.15) is 23.9 Å². The summed E-state index contributed by atoms with van der Waals surface area (Å²) in [6.07, 6.45) is 0. The van der Waals surface area contributed by atoms with Gasteiger partial charge in [0.1, 0.15) is 12.4 Å². The Morgan fingerprint density at radius 1 is 1.52 bits per heavy atom. The molecule has 2 aromatic rings. The number of ether oxygens (including phenoxy) is 1. The van der Waals surface area contributed by atoms with Crippen molar-refractivity contribution in [3.63, 3.8) is 0 Å².